The second-order valence-electron chi connectivity index (χ2n) is 9.10. The Bertz CT molecular complexity index is 1470. The van der Waals surface area contributed by atoms with E-state index in [2.05, 4.69) is 5.32 Å². The van der Waals surface area contributed by atoms with Gasteiger partial charge in [0.15, 0.2) is 23.0 Å². The predicted molar refractivity (Wildman–Crippen MR) is 149 cm³/mol. The molecule has 0 aliphatic carbocycles. The minimum atomic E-state index is -0.819. The smallest absolute Gasteiger partial charge is 0.331 e. The first-order chi connectivity index (χ1) is 19.8. The lowest BCUT2D eigenvalue weighted by Gasteiger charge is -2.26. The van der Waals surface area contributed by atoms with Gasteiger partial charge in [-0.25, -0.2) is 9.18 Å². The molecule has 1 aliphatic rings. The highest BCUT2D eigenvalue weighted by Crippen LogP contribution is 2.31. The number of carbonyl (C=O) groups is 3. The van der Waals surface area contributed by atoms with Crippen LogP contribution in [0.5, 0.6) is 23.0 Å². The average Bonchev–Trinajstić information content (AvgIpc) is 2.96. The number of ether oxygens (including phenoxy) is 4. The lowest BCUT2D eigenvalue weighted by Crippen LogP contribution is -2.53. The average molecular weight is 563 g/mol. The Hall–Kier alpha value is -4.86. The fraction of sp³-hybridized carbons (Fsp3) is 0.258. The highest BCUT2D eigenvalue weighted by Gasteiger charge is 2.36. The molecule has 9 nitrogen and oxygen atoms in total. The SMILES string of the molecule is CCCOc1ccc(CN2C(=O)NC(=O)/C(=C\c3ccc(OCc4cccc(F)c4)c(OC)c3)C2=O)cc1OCC. The Labute approximate surface area is 237 Å². The van der Waals surface area contributed by atoms with E-state index in [-0.39, 0.29) is 24.5 Å². The molecule has 1 aliphatic heterocycles. The van der Waals surface area contributed by atoms with Gasteiger partial charge in [0.05, 0.1) is 26.9 Å². The van der Waals surface area contributed by atoms with E-state index in [0.717, 1.165) is 11.3 Å². The summed E-state index contributed by atoms with van der Waals surface area (Å²) < 4.78 is 36.1. The Morgan fingerprint density at radius 2 is 1.63 bits per heavy atom. The summed E-state index contributed by atoms with van der Waals surface area (Å²) >= 11 is 0. The summed E-state index contributed by atoms with van der Waals surface area (Å²) in [5.74, 6) is -0.0983. The van der Waals surface area contributed by atoms with Crippen LogP contribution in [0, 0.1) is 5.82 Å². The summed E-state index contributed by atoms with van der Waals surface area (Å²) in [7, 11) is 1.45. The summed E-state index contributed by atoms with van der Waals surface area (Å²) in [6, 6.07) is 15.3. The van der Waals surface area contributed by atoms with Gasteiger partial charge < -0.3 is 18.9 Å². The van der Waals surface area contributed by atoms with Crippen LogP contribution in [0.1, 0.15) is 37.0 Å². The molecule has 0 aromatic heterocycles. The van der Waals surface area contributed by atoms with Gasteiger partial charge in [0.2, 0.25) is 0 Å². The van der Waals surface area contributed by atoms with Crippen LogP contribution in [0.2, 0.25) is 0 Å². The normalized spacial score (nSPS) is 14.2. The molecule has 0 atom stereocenters. The second kappa shape index (κ2) is 13.5. The number of barbiturate groups is 1. The van der Waals surface area contributed by atoms with Crippen molar-refractivity contribution in [3.63, 3.8) is 0 Å². The minimum absolute atomic E-state index is 0.0837. The van der Waals surface area contributed by atoms with Gasteiger partial charge in [-0.05, 0) is 72.5 Å². The molecule has 0 saturated carbocycles. The molecule has 0 unspecified atom stereocenters. The van der Waals surface area contributed by atoms with E-state index < -0.39 is 17.8 Å². The van der Waals surface area contributed by atoms with Gasteiger partial charge in [-0.2, -0.15) is 0 Å². The van der Waals surface area contributed by atoms with Crippen molar-refractivity contribution >= 4 is 23.9 Å². The quantitative estimate of drug-likeness (QED) is 0.237. The molecule has 0 spiro atoms. The van der Waals surface area contributed by atoms with E-state index in [1.54, 1.807) is 48.5 Å². The molecule has 0 bridgehead atoms. The molecule has 0 radical (unpaired) electrons. The number of methoxy groups -OCH3 is 1. The molecule has 10 heteroatoms. The first kappa shape index (κ1) is 29.1. The number of carbonyl (C=O) groups excluding carboxylic acids is 3. The summed E-state index contributed by atoms with van der Waals surface area (Å²) in [5.41, 5.74) is 1.52. The van der Waals surface area contributed by atoms with Gasteiger partial charge >= 0.3 is 6.03 Å². The number of imide groups is 2. The van der Waals surface area contributed by atoms with Crippen molar-refractivity contribution in [1.29, 1.82) is 0 Å². The standard InChI is InChI=1S/C31H31FN2O7/c1-4-13-40-26-12-10-21(17-28(26)39-5-2)18-34-30(36)24(29(35)33-31(34)37)15-20-9-11-25(27(16-20)38-3)41-19-22-7-6-8-23(32)14-22/h6-12,14-17H,4-5,13,18-19H2,1-3H3,(H,33,35,37)/b24-15+. The van der Waals surface area contributed by atoms with E-state index in [1.807, 2.05) is 13.8 Å². The lowest BCUT2D eigenvalue weighted by molar-refractivity contribution is -0.130. The zero-order chi connectivity index (χ0) is 29.4. The number of urea groups is 1. The van der Waals surface area contributed by atoms with Gasteiger partial charge in [0.25, 0.3) is 11.8 Å². The maximum absolute atomic E-state index is 13.5. The third-order valence-corrected chi connectivity index (χ3v) is 6.08. The van der Waals surface area contributed by atoms with Crippen molar-refractivity contribution in [2.75, 3.05) is 20.3 Å². The second-order valence-corrected chi connectivity index (χ2v) is 9.10. The molecule has 3 aromatic carbocycles. The van der Waals surface area contributed by atoms with Crippen molar-refractivity contribution in [2.24, 2.45) is 0 Å². The van der Waals surface area contributed by atoms with E-state index in [0.29, 0.717) is 52.9 Å². The third-order valence-electron chi connectivity index (χ3n) is 6.08. The fourth-order valence-electron chi connectivity index (χ4n) is 4.12. The molecule has 3 aromatic rings. The third kappa shape index (κ3) is 7.21. The first-order valence-corrected chi connectivity index (χ1v) is 13.2. The van der Waals surface area contributed by atoms with Crippen molar-refractivity contribution < 1.29 is 37.7 Å². The van der Waals surface area contributed by atoms with E-state index in [9.17, 15) is 18.8 Å². The predicted octanol–water partition coefficient (Wildman–Crippen LogP) is 5.26. The maximum atomic E-state index is 13.5. The minimum Gasteiger partial charge on any atom is -0.493 e. The highest BCUT2D eigenvalue weighted by atomic mass is 19.1. The van der Waals surface area contributed by atoms with Crippen molar-refractivity contribution in [3.05, 3.63) is 88.7 Å². The number of amides is 4. The Morgan fingerprint density at radius 3 is 2.37 bits per heavy atom. The van der Waals surface area contributed by atoms with E-state index in [4.69, 9.17) is 18.9 Å². The van der Waals surface area contributed by atoms with Gasteiger partial charge in [-0.15, -0.1) is 0 Å². The number of nitrogens with one attached hydrogen (secondary N) is 1. The number of hydrogen-bond donors (Lipinski definition) is 1. The Morgan fingerprint density at radius 1 is 0.854 bits per heavy atom. The zero-order valence-corrected chi connectivity index (χ0v) is 23.1. The largest absolute Gasteiger partial charge is 0.493 e. The highest BCUT2D eigenvalue weighted by molar-refractivity contribution is 6.30. The van der Waals surface area contributed by atoms with Crippen LogP contribution in [0.25, 0.3) is 6.08 Å². The van der Waals surface area contributed by atoms with Gasteiger partial charge in [-0.3, -0.25) is 19.8 Å². The lowest BCUT2D eigenvalue weighted by atomic mass is 10.1. The number of hydrogen-bond acceptors (Lipinski definition) is 7. The molecule has 4 amide bonds. The Balaban J connectivity index is 1.53. The molecule has 1 saturated heterocycles. The molecular weight excluding hydrogens is 531 g/mol. The molecule has 1 heterocycles. The molecular formula is C31H31FN2O7. The Kier molecular flexibility index (Phi) is 9.57. The molecule has 41 heavy (non-hydrogen) atoms. The van der Waals surface area contributed by atoms with Crippen molar-refractivity contribution in [2.45, 2.75) is 33.4 Å². The topological polar surface area (TPSA) is 103 Å². The van der Waals surface area contributed by atoms with Gasteiger partial charge in [0, 0.05) is 0 Å². The molecule has 1 fully saturated rings. The number of rotatable bonds is 12. The summed E-state index contributed by atoms with van der Waals surface area (Å²) in [6.07, 6.45) is 2.21. The number of nitrogens with zero attached hydrogens (tertiary/aromatic N) is 1. The maximum Gasteiger partial charge on any atom is 0.331 e. The van der Waals surface area contributed by atoms with Crippen LogP contribution in [0.3, 0.4) is 0 Å². The molecule has 1 N–H and O–H groups in total. The molecule has 4 rings (SSSR count). The van der Waals surface area contributed by atoms with Crippen LogP contribution >= 0.6 is 0 Å². The number of benzene rings is 3. The molecule has 214 valence electrons. The monoisotopic (exact) mass is 562 g/mol. The van der Waals surface area contributed by atoms with Crippen molar-refractivity contribution in [3.8, 4) is 23.0 Å². The van der Waals surface area contributed by atoms with Gasteiger partial charge in [-0.1, -0.05) is 31.2 Å². The van der Waals surface area contributed by atoms with Crippen LogP contribution in [-0.4, -0.2) is 43.1 Å². The van der Waals surface area contributed by atoms with Crippen LogP contribution in [0.15, 0.2) is 66.2 Å². The van der Waals surface area contributed by atoms with Crippen LogP contribution in [-0.2, 0) is 22.7 Å². The van der Waals surface area contributed by atoms with E-state index >= 15 is 0 Å². The van der Waals surface area contributed by atoms with E-state index in [1.165, 1.54) is 25.3 Å². The van der Waals surface area contributed by atoms with Gasteiger partial charge in [0.1, 0.15) is 18.0 Å². The number of halogens is 1. The fourth-order valence-corrected chi connectivity index (χ4v) is 4.12. The first-order valence-electron chi connectivity index (χ1n) is 13.2. The van der Waals surface area contributed by atoms with Crippen LogP contribution in [0.4, 0.5) is 9.18 Å². The summed E-state index contributed by atoms with van der Waals surface area (Å²) in [4.78, 5) is 39.5. The summed E-state index contributed by atoms with van der Waals surface area (Å²) in [6.45, 7) is 4.80. The zero-order valence-electron chi connectivity index (χ0n) is 23.1. The van der Waals surface area contributed by atoms with Crippen LogP contribution < -0.4 is 24.3 Å². The van der Waals surface area contributed by atoms with Crippen molar-refractivity contribution in [1.82, 2.24) is 10.2 Å². The summed E-state index contributed by atoms with van der Waals surface area (Å²) in [5, 5.41) is 2.23.